The van der Waals surface area contributed by atoms with Crippen molar-refractivity contribution in [3.63, 3.8) is 0 Å². The average Bonchev–Trinajstić information content (AvgIpc) is 2.94. The molecule has 4 nitrogen and oxygen atoms in total. The van der Waals surface area contributed by atoms with Crippen molar-refractivity contribution in [2.75, 3.05) is 0 Å². The van der Waals surface area contributed by atoms with Gasteiger partial charge in [-0.25, -0.2) is 0 Å². The fraction of sp³-hybridized carbons (Fsp3) is 0.312. The van der Waals surface area contributed by atoms with Crippen molar-refractivity contribution in [3.05, 3.63) is 53.0 Å². The highest BCUT2D eigenvalue weighted by Gasteiger charge is 2.09. The van der Waals surface area contributed by atoms with E-state index in [1.54, 1.807) is 0 Å². The van der Waals surface area contributed by atoms with E-state index >= 15 is 0 Å². The number of aryl methyl sites for hydroxylation is 2. The molecule has 0 amide bonds. The molecule has 2 heterocycles. The molecule has 2 aromatic heterocycles. The van der Waals surface area contributed by atoms with E-state index in [9.17, 15) is 0 Å². The van der Waals surface area contributed by atoms with Crippen LogP contribution in [0.4, 0.5) is 0 Å². The Morgan fingerprint density at radius 1 is 1.20 bits per heavy atom. The summed E-state index contributed by atoms with van der Waals surface area (Å²) in [6.07, 6.45) is 0. The molecule has 4 heteroatoms. The van der Waals surface area contributed by atoms with Crippen LogP contribution in [0.2, 0.25) is 0 Å². The average molecular weight is 269 g/mol. The first kappa shape index (κ1) is 12.9. The summed E-state index contributed by atoms with van der Waals surface area (Å²) in [5.74, 6) is 0.963. The molecular formula is C16H19N3O. The number of fused-ring (bicyclic) bond motifs is 1. The fourth-order valence-corrected chi connectivity index (χ4v) is 2.51. The highest BCUT2D eigenvalue weighted by molar-refractivity contribution is 5.77. The molecule has 0 saturated heterocycles. The minimum absolute atomic E-state index is 0.725. The van der Waals surface area contributed by atoms with Crippen LogP contribution in [0.3, 0.4) is 0 Å². The summed E-state index contributed by atoms with van der Waals surface area (Å²) in [7, 11) is 1.98. The molecule has 0 aliphatic carbocycles. The van der Waals surface area contributed by atoms with Crippen LogP contribution in [0.1, 0.15) is 22.7 Å². The maximum Gasteiger partial charge on any atom is 0.134 e. The number of para-hydroxylation sites is 1. The molecule has 0 fully saturated rings. The summed E-state index contributed by atoms with van der Waals surface area (Å²) < 4.78 is 7.71. The maximum absolute atomic E-state index is 5.79. The zero-order valence-electron chi connectivity index (χ0n) is 12.1. The van der Waals surface area contributed by atoms with E-state index in [1.807, 2.05) is 36.9 Å². The Kier molecular flexibility index (Phi) is 3.32. The largest absolute Gasteiger partial charge is 0.460 e. The number of benzene rings is 1. The van der Waals surface area contributed by atoms with Crippen LogP contribution in [-0.4, -0.2) is 9.78 Å². The van der Waals surface area contributed by atoms with E-state index in [4.69, 9.17) is 4.42 Å². The number of hydrogen-bond donors (Lipinski definition) is 1. The van der Waals surface area contributed by atoms with E-state index < -0.39 is 0 Å². The molecule has 1 aromatic carbocycles. The van der Waals surface area contributed by atoms with Gasteiger partial charge in [0.05, 0.1) is 12.2 Å². The van der Waals surface area contributed by atoms with Crippen LogP contribution in [-0.2, 0) is 20.1 Å². The third kappa shape index (κ3) is 2.34. The Morgan fingerprint density at radius 3 is 2.70 bits per heavy atom. The fourth-order valence-electron chi connectivity index (χ4n) is 2.51. The van der Waals surface area contributed by atoms with Gasteiger partial charge in [-0.1, -0.05) is 18.2 Å². The number of nitrogens with one attached hydrogen (secondary N) is 1. The van der Waals surface area contributed by atoms with Crippen molar-refractivity contribution < 1.29 is 4.42 Å². The highest BCUT2D eigenvalue weighted by Crippen LogP contribution is 2.19. The normalized spacial score (nSPS) is 11.3. The lowest BCUT2D eigenvalue weighted by Crippen LogP contribution is -2.13. The number of hydrogen-bond acceptors (Lipinski definition) is 3. The highest BCUT2D eigenvalue weighted by atomic mass is 16.3. The van der Waals surface area contributed by atoms with Gasteiger partial charge < -0.3 is 9.73 Å². The van der Waals surface area contributed by atoms with Gasteiger partial charge in [0.25, 0.3) is 0 Å². The van der Waals surface area contributed by atoms with Crippen molar-refractivity contribution >= 4 is 11.0 Å². The third-order valence-corrected chi connectivity index (χ3v) is 3.74. The van der Waals surface area contributed by atoms with Gasteiger partial charge in [-0.15, -0.1) is 0 Å². The van der Waals surface area contributed by atoms with Gasteiger partial charge in [-0.05, 0) is 26.0 Å². The van der Waals surface area contributed by atoms with E-state index in [-0.39, 0.29) is 0 Å². The summed E-state index contributed by atoms with van der Waals surface area (Å²) in [4.78, 5) is 0. The van der Waals surface area contributed by atoms with Crippen molar-refractivity contribution in [2.24, 2.45) is 7.05 Å². The molecule has 104 valence electrons. The molecule has 0 atom stereocenters. The molecular weight excluding hydrogens is 250 g/mol. The molecule has 0 radical (unpaired) electrons. The number of furan rings is 1. The zero-order chi connectivity index (χ0) is 14.1. The van der Waals surface area contributed by atoms with E-state index in [0.29, 0.717) is 0 Å². The van der Waals surface area contributed by atoms with Crippen LogP contribution >= 0.6 is 0 Å². The van der Waals surface area contributed by atoms with Gasteiger partial charge in [0.1, 0.15) is 11.3 Å². The Labute approximate surface area is 118 Å². The minimum Gasteiger partial charge on any atom is -0.460 e. The molecule has 20 heavy (non-hydrogen) atoms. The van der Waals surface area contributed by atoms with Crippen LogP contribution in [0.25, 0.3) is 11.0 Å². The van der Waals surface area contributed by atoms with Crippen molar-refractivity contribution in [1.29, 1.82) is 0 Å². The molecule has 3 aromatic rings. The van der Waals surface area contributed by atoms with E-state index in [0.717, 1.165) is 35.5 Å². The number of nitrogens with zero attached hydrogens (tertiary/aromatic N) is 2. The van der Waals surface area contributed by atoms with Gasteiger partial charge in [0.15, 0.2) is 0 Å². The van der Waals surface area contributed by atoms with Gasteiger partial charge in [-0.2, -0.15) is 5.10 Å². The van der Waals surface area contributed by atoms with Crippen LogP contribution in [0.15, 0.2) is 34.7 Å². The SMILES string of the molecule is Cc1nn(C)c(C)c1CNCc1cc2ccccc2o1. The van der Waals surface area contributed by atoms with Crippen molar-refractivity contribution in [2.45, 2.75) is 26.9 Å². The molecule has 0 spiro atoms. The molecule has 0 aliphatic rings. The summed E-state index contributed by atoms with van der Waals surface area (Å²) in [6.45, 7) is 5.68. The third-order valence-electron chi connectivity index (χ3n) is 3.74. The summed E-state index contributed by atoms with van der Waals surface area (Å²) >= 11 is 0. The molecule has 0 saturated carbocycles. The van der Waals surface area contributed by atoms with Crippen LogP contribution < -0.4 is 5.32 Å². The van der Waals surface area contributed by atoms with Crippen LogP contribution in [0, 0.1) is 13.8 Å². The lowest BCUT2D eigenvalue weighted by Gasteiger charge is -2.03. The molecule has 0 bridgehead atoms. The Hall–Kier alpha value is -2.07. The lowest BCUT2D eigenvalue weighted by molar-refractivity contribution is 0.513. The standard InChI is InChI=1S/C16H19N3O/c1-11-15(12(2)19(3)18-11)10-17-9-14-8-13-6-4-5-7-16(13)20-14/h4-8,17H,9-10H2,1-3H3. The second-order valence-corrected chi connectivity index (χ2v) is 5.13. The smallest absolute Gasteiger partial charge is 0.134 e. The molecule has 3 rings (SSSR count). The predicted molar refractivity (Wildman–Crippen MR) is 79.4 cm³/mol. The second-order valence-electron chi connectivity index (χ2n) is 5.13. The lowest BCUT2D eigenvalue weighted by atomic mass is 10.2. The van der Waals surface area contributed by atoms with E-state index in [1.165, 1.54) is 11.3 Å². The first-order valence-electron chi connectivity index (χ1n) is 6.82. The summed E-state index contributed by atoms with van der Waals surface area (Å²) in [5.41, 5.74) is 4.50. The first-order chi connectivity index (χ1) is 9.65. The molecule has 1 N–H and O–H groups in total. The topological polar surface area (TPSA) is 43.0 Å². The first-order valence-corrected chi connectivity index (χ1v) is 6.82. The minimum atomic E-state index is 0.725. The van der Waals surface area contributed by atoms with Gasteiger partial charge in [-0.3, -0.25) is 4.68 Å². The Bertz CT molecular complexity index is 706. The van der Waals surface area contributed by atoms with Crippen molar-refractivity contribution in [1.82, 2.24) is 15.1 Å². The zero-order valence-corrected chi connectivity index (χ0v) is 12.1. The van der Waals surface area contributed by atoms with Gasteiger partial charge in [0, 0.05) is 30.2 Å². The van der Waals surface area contributed by atoms with Crippen LogP contribution in [0.5, 0.6) is 0 Å². The summed E-state index contributed by atoms with van der Waals surface area (Å²) in [6, 6.07) is 10.2. The Morgan fingerprint density at radius 2 is 2.00 bits per heavy atom. The Balaban J connectivity index is 1.67. The molecule has 0 unspecified atom stereocenters. The monoisotopic (exact) mass is 269 g/mol. The van der Waals surface area contributed by atoms with Gasteiger partial charge in [0.2, 0.25) is 0 Å². The van der Waals surface area contributed by atoms with Gasteiger partial charge >= 0.3 is 0 Å². The second kappa shape index (κ2) is 5.13. The summed E-state index contributed by atoms with van der Waals surface area (Å²) in [5, 5.41) is 9.00. The molecule has 0 aliphatic heterocycles. The number of rotatable bonds is 4. The predicted octanol–water partition coefficient (Wildman–Crippen LogP) is 3.07. The number of aromatic nitrogens is 2. The quantitative estimate of drug-likeness (QED) is 0.791. The van der Waals surface area contributed by atoms with Crippen molar-refractivity contribution in [3.8, 4) is 0 Å². The maximum atomic E-state index is 5.79. The van der Waals surface area contributed by atoms with E-state index in [2.05, 4.69) is 29.5 Å².